The zero-order valence-electron chi connectivity index (χ0n) is 14.6. The number of para-hydroxylation sites is 1. The molecule has 3 aromatic rings. The molecule has 128 valence electrons. The Balaban J connectivity index is 2.03. The van der Waals surface area contributed by atoms with Crippen molar-refractivity contribution in [3.05, 3.63) is 76.3 Å². The number of hydrogen-bond acceptors (Lipinski definition) is 3. The molecule has 3 rings (SSSR count). The Morgan fingerprint density at radius 3 is 2.32 bits per heavy atom. The van der Waals surface area contributed by atoms with Gasteiger partial charge in [0.25, 0.3) is 5.56 Å². The summed E-state index contributed by atoms with van der Waals surface area (Å²) in [5, 5.41) is 0.486. The predicted octanol–water partition coefficient (Wildman–Crippen LogP) is 3.39. The molecule has 5 nitrogen and oxygen atoms in total. The summed E-state index contributed by atoms with van der Waals surface area (Å²) in [5.74, 6) is -0.0891. The van der Waals surface area contributed by atoms with Crippen molar-refractivity contribution in [3.8, 4) is 0 Å². The van der Waals surface area contributed by atoms with Crippen molar-refractivity contribution in [3.63, 3.8) is 0 Å². The van der Waals surface area contributed by atoms with Crippen LogP contribution in [-0.4, -0.2) is 15.6 Å². The summed E-state index contributed by atoms with van der Waals surface area (Å²) in [6, 6.07) is 16.6. The first-order valence-electron chi connectivity index (χ1n) is 8.36. The fraction of sp³-hybridized carbons (Fsp3) is 0.250. The van der Waals surface area contributed by atoms with Gasteiger partial charge in [-0.25, -0.2) is 9.66 Å². The van der Waals surface area contributed by atoms with Gasteiger partial charge < -0.3 is 0 Å². The standard InChI is InChI=1S/C20H21N3O2/c1-13(2)18-21-17-12-8-7-11-16(17)20(25)23(18)22-19(24)14(3)15-9-5-4-6-10-15/h4-14H,1-3H3,(H,22,24). The lowest BCUT2D eigenvalue weighted by atomic mass is 10.0. The topological polar surface area (TPSA) is 64.0 Å². The van der Waals surface area contributed by atoms with Gasteiger partial charge in [0.2, 0.25) is 5.91 Å². The molecule has 0 fully saturated rings. The van der Waals surface area contributed by atoms with E-state index in [-0.39, 0.29) is 23.3 Å². The minimum Gasteiger partial charge on any atom is -0.273 e. The molecule has 1 unspecified atom stereocenters. The fourth-order valence-corrected chi connectivity index (χ4v) is 2.75. The summed E-state index contributed by atoms with van der Waals surface area (Å²) < 4.78 is 1.29. The highest BCUT2D eigenvalue weighted by Crippen LogP contribution is 2.17. The highest BCUT2D eigenvalue weighted by atomic mass is 16.2. The lowest BCUT2D eigenvalue weighted by Crippen LogP contribution is -2.38. The van der Waals surface area contributed by atoms with Crippen molar-refractivity contribution in [2.24, 2.45) is 0 Å². The first kappa shape index (κ1) is 16.9. The van der Waals surface area contributed by atoms with E-state index >= 15 is 0 Å². The summed E-state index contributed by atoms with van der Waals surface area (Å²) >= 11 is 0. The minimum absolute atomic E-state index is 0.00959. The molecule has 0 aliphatic rings. The van der Waals surface area contributed by atoms with Crippen LogP contribution in [0, 0.1) is 0 Å². The van der Waals surface area contributed by atoms with E-state index in [9.17, 15) is 9.59 Å². The van der Waals surface area contributed by atoms with Gasteiger partial charge in [-0.3, -0.25) is 15.0 Å². The Kier molecular flexibility index (Phi) is 4.65. The van der Waals surface area contributed by atoms with Crippen molar-refractivity contribution in [2.75, 3.05) is 5.43 Å². The van der Waals surface area contributed by atoms with Gasteiger partial charge in [-0.2, -0.15) is 0 Å². The van der Waals surface area contributed by atoms with Gasteiger partial charge in [-0.05, 0) is 24.6 Å². The van der Waals surface area contributed by atoms with Gasteiger partial charge in [0.15, 0.2) is 0 Å². The normalized spacial score (nSPS) is 12.3. The molecular formula is C20H21N3O2. The van der Waals surface area contributed by atoms with Crippen LogP contribution in [0.4, 0.5) is 0 Å². The van der Waals surface area contributed by atoms with Crippen molar-refractivity contribution in [1.82, 2.24) is 9.66 Å². The maximum atomic E-state index is 12.9. The van der Waals surface area contributed by atoms with Gasteiger partial charge >= 0.3 is 0 Å². The lowest BCUT2D eigenvalue weighted by molar-refractivity contribution is -0.118. The van der Waals surface area contributed by atoms with E-state index in [0.717, 1.165) is 5.56 Å². The number of carbonyl (C=O) groups is 1. The van der Waals surface area contributed by atoms with Crippen molar-refractivity contribution in [2.45, 2.75) is 32.6 Å². The largest absolute Gasteiger partial charge is 0.280 e. The number of rotatable bonds is 4. The maximum Gasteiger partial charge on any atom is 0.280 e. The number of nitrogens with one attached hydrogen (secondary N) is 1. The average Bonchev–Trinajstić information content (AvgIpc) is 2.63. The number of amides is 1. The minimum atomic E-state index is -0.375. The van der Waals surface area contributed by atoms with Crippen LogP contribution in [0.3, 0.4) is 0 Å². The van der Waals surface area contributed by atoms with Crippen molar-refractivity contribution >= 4 is 16.8 Å². The maximum absolute atomic E-state index is 12.9. The van der Waals surface area contributed by atoms with E-state index < -0.39 is 0 Å². The number of fused-ring (bicyclic) bond motifs is 1. The average molecular weight is 335 g/mol. The second kappa shape index (κ2) is 6.89. The molecule has 0 saturated carbocycles. The Morgan fingerprint density at radius 1 is 1.00 bits per heavy atom. The molecule has 1 amide bonds. The highest BCUT2D eigenvalue weighted by molar-refractivity contribution is 5.90. The molecule has 0 aliphatic carbocycles. The van der Waals surface area contributed by atoms with E-state index in [1.165, 1.54) is 4.68 Å². The fourth-order valence-electron chi connectivity index (χ4n) is 2.75. The van der Waals surface area contributed by atoms with Gasteiger partial charge in [0, 0.05) is 5.92 Å². The molecule has 0 radical (unpaired) electrons. The molecule has 25 heavy (non-hydrogen) atoms. The van der Waals surface area contributed by atoms with Gasteiger partial charge in [0.1, 0.15) is 5.82 Å². The van der Waals surface area contributed by atoms with Crippen LogP contribution in [0.2, 0.25) is 0 Å². The third-order valence-electron chi connectivity index (χ3n) is 4.23. The second-order valence-electron chi connectivity index (χ2n) is 6.39. The van der Waals surface area contributed by atoms with Crippen LogP contribution in [0.1, 0.15) is 44.0 Å². The van der Waals surface area contributed by atoms with Crippen LogP contribution in [0.15, 0.2) is 59.4 Å². The number of hydrogen-bond donors (Lipinski definition) is 1. The third kappa shape index (κ3) is 3.31. The zero-order chi connectivity index (χ0) is 18.0. The van der Waals surface area contributed by atoms with Crippen molar-refractivity contribution < 1.29 is 4.79 Å². The monoisotopic (exact) mass is 335 g/mol. The SMILES string of the molecule is CC(C)c1nc2ccccc2c(=O)n1NC(=O)C(C)c1ccccc1. The van der Waals surface area contributed by atoms with Crippen molar-refractivity contribution in [1.29, 1.82) is 0 Å². The molecule has 1 aromatic heterocycles. The van der Waals surface area contributed by atoms with Gasteiger partial charge in [-0.1, -0.05) is 56.3 Å². The number of aromatic nitrogens is 2. The molecule has 1 N–H and O–H groups in total. The molecule has 0 aliphatic heterocycles. The van der Waals surface area contributed by atoms with Crippen LogP contribution in [-0.2, 0) is 4.79 Å². The van der Waals surface area contributed by atoms with Crippen LogP contribution >= 0.6 is 0 Å². The molecule has 2 aromatic carbocycles. The summed E-state index contributed by atoms with van der Waals surface area (Å²) in [6.45, 7) is 5.71. The number of carbonyl (C=O) groups excluding carboxylic acids is 1. The highest BCUT2D eigenvalue weighted by Gasteiger charge is 2.19. The Hall–Kier alpha value is -2.95. The molecule has 5 heteroatoms. The summed E-state index contributed by atoms with van der Waals surface area (Å²) in [5.41, 5.74) is 4.03. The van der Waals surface area contributed by atoms with E-state index in [2.05, 4.69) is 10.4 Å². The molecular weight excluding hydrogens is 314 g/mol. The second-order valence-corrected chi connectivity index (χ2v) is 6.39. The van der Waals surface area contributed by atoms with Crippen LogP contribution in [0.5, 0.6) is 0 Å². The van der Waals surface area contributed by atoms with E-state index in [4.69, 9.17) is 0 Å². The molecule has 1 heterocycles. The quantitative estimate of drug-likeness (QED) is 0.795. The van der Waals surface area contributed by atoms with Crippen LogP contribution in [0.25, 0.3) is 10.9 Å². The summed E-state index contributed by atoms with van der Waals surface area (Å²) in [7, 11) is 0. The Morgan fingerprint density at radius 2 is 1.64 bits per heavy atom. The number of benzene rings is 2. The summed E-state index contributed by atoms with van der Waals surface area (Å²) in [6.07, 6.45) is 0. The molecule has 0 bridgehead atoms. The first-order chi connectivity index (χ1) is 12.0. The zero-order valence-corrected chi connectivity index (χ0v) is 14.6. The van der Waals surface area contributed by atoms with E-state index in [0.29, 0.717) is 16.7 Å². The molecule has 0 saturated heterocycles. The van der Waals surface area contributed by atoms with Crippen LogP contribution < -0.4 is 11.0 Å². The molecule has 0 spiro atoms. The lowest BCUT2D eigenvalue weighted by Gasteiger charge is -2.19. The predicted molar refractivity (Wildman–Crippen MR) is 99.3 cm³/mol. The Labute approximate surface area is 146 Å². The van der Waals surface area contributed by atoms with E-state index in [1.54, 1.807) is 18.2 Å². The number of nitrogens with zero attached hydrogens (tertiary/aromatic N) is 2. The summed E-state index contributed by atoms with van der Waals surface area (Å²) in [4.78, 5) is 30.1. The third-order valence-corrected chi connectivity index (χ3v) is 4.23. The van der Waals surface area contributed by atoms with Gasteiger partial charge in [-0.15, -0.1) is 0 Å². The Bertz CT molecular complexity index is 962. The molecule has 1 atom stereocenters. The van der Waals surface area contributed by atoms with Gasteiger partial charge in [0.05, 0.1) is 16.8 Å². The van der Waals surface area contributed by atoms with E-state index in [1.807, 2.05) is 57.2 Å². The smallest absolute Gasteiger partial charge is 0.273 e. The first-order valence-corrected chi connectivity index (χ1v) is 8.36.